The number of nitrogens with two attached hydrogens (primary N) is 1. The molecule has 2 aromatic rings. The van der Waals surface area contributed by atoms with Crippen LogP contribution in [-0.4, -0.2) is 5.91 Å². The summed E-state index contributed by atoms with van der Waals surface area (Å²) in [4.78, 5) is 11.2. The zero-order valence-corrected chi connectivity index (χ0v) is 14.4. The van der Waals surface area contributed by atoms with Crippen molar-refractivity contribution >= 4 is 35.2 Å². The Balaban J connectivity index is 2.22. The molecule has 5 heteroatoms. The van der Waals surface area contributed by atoms with E-state index in [2.05, 4.69) is 0 Å². The van der Waals surface area contributed by atoms with E-state index in [0.29, 0.717) is 21.4 Å². The van der Waals surface area contributed by atoms with Crippen molar-refractivity contribution in [3.05, 3.63) is 68.7 Å². The van der Waals surface area contributed by atoms with Crippen molar-refractivity contribution in [2.75, 3.05) is 0 Å². The summed E-state index contributed by atoms with van der Waals surface area (Å²) in [5, 5.41) is 1.13. The van der Waals surface area contributed by atoms with Crippen LogP contribution in [0.4, 0.5) is 0 Å². The summed E-state index contributed by atoms with van der Waals surface area (Å²) in [6, 6.07) is 11.0. The number of aryl methyl sites for hydroxylation is 1. The van der Waals surface area contributed by atoms with E-state index >= 15 is 0 Å². The van der Waals surface area contributed by atoms with Crippen LogP contribution >= 0.6 is 23.2 Å². The molecular formula is C18H17Cl2NO2. The van der Waals surface area contributed by atoms with Gasteiger partial charge in [-0.05, 0) is 55.3 Å². The number of primary amides is 1. The molecule has 0 aliphatic carbocycles. The van der Waals surface area contributed by atoms with Crippen molar-refractivity contribution in [1.29, 1.82) is 0 Å². The molecule has 3 nitrogen and oxygen atoms in total. The molecule has 0 saturated carbocycles. The molecule has 0 atom stereocenters. The van der Waals surface area contributed by atoms with Crippen LogP contribution in [-0.2, 0) is 11.4 Å². The molecule has 120 valence electrons. The van der Waals surface area contributed by atoms with Crippen LogP contribution in [0.25, 0.3) is 6.08 Å². The first-order valence-corrected chi connectivity index (χ1v) is 7.78. The summed E-state index contributed by atoms with van der Waals surface area (Å²) in [5.41, 5.74) is 8.40. The van der Waals surface area contributed by atoms with Crippen molar-refractivity contribution < 1.29 is 9.53 Å². The van der Waals surface area contributed by atoms with Crippen LogP contribution in [0.15, 0.2) is 42.0 Å². The van der Waals surface area contributed by atoms with Crippen LogP contribution in [0.3, 0.4) is 0 Å². The molecule has 0 unspecified atom stereocenters. The van der Waals surface area contributed by atoms with Crippen LogP contribution in [0.1, 0.15) is 23.6 Å². The zero-order chi connectivity index (χ0) is 17.0. The third kappa shape index (κ3) is 4.50. The van der Waals surface area contributed by atoms with E-state index in [1.54, 1.807) is 31.2 Å². The molecule has 1 amide bonds. The van der Waals surface area contributed by atoms with Gasteiger partial charge >= 0.3 is 0 Å². The molecule has 0 fully saturated rings. The standard InChI is InChI=1S/C18H17Cl2NO2/c1-11-6-7-14(9-13(11)8-12(2)18(21)22)23-10-15-16(19)4-3-5-17(15)20/h3-9H,10H2,1-2H3,(H2,21,22)/b12-8+. The minimum absolute atomic E-state index is 0.263. The van der Waals surface area contributed by atoms with E-state index < -0.39 is 5.91 Å². The topological polar surface area (TPSA) is 52.3 Å². The molecule has 23 heavy (non-hydrogen) atoms. The van der Waals surface area contributed by atoms with Gasteiger partial charge in [0, 0.05) is 21.2 Å². The number of benzene rings is 2. The van der Waals surface area contributed by atoms with Crippen molar-refractivity contribution in [1.82, 2.24) is 0 Å². The molecular weight excluding hydrogens is 333 g/mol. The number of carbonyl (C=O) groups excluding carboxylic acids is 1. The Morgan fingerprint density at radius 1 is 1.22 bits per heavy atom. The summed E-state index contributed by atoms with van der Waals surface area (Å²) in [6.45, 7) is 3.90. The van der Waals surface area contributed by atoms with Crippen molar-refractivity contribution in [2.24, 2.45) is 5.73 Å². The van der Waals surface area contributed by atoms with E-state index in [1.165, 1.54) is 0 Å². The number of hydrogen-bond donors (Lipinski definition) is 1. The SMILES string of the molecule is C/C(=C\c1cc(OCc2c(Cl)cccc2Cl)ccc1C)C(N)=O. The van der Waals surface area contributed by atoms with Gasteiger partial charge in [0.25, 0.3) is 0 Å². The average molecular weight is 350 g/mol. The van der Waals surface area contributed by atoms with Gasteiger partial charge in [-0.3, -0.25) is 4.79 Å². The summed E-state index contributed by atoms with van der Waals surface area (Å²) in [5.74, 6) is 0.216. The fourth-order valence-electron chi connectivity index (χ4n) is 1.99. The van der Waals surface area contributed by atoms with Gasteiger partial charge < -0.3 is 10.5 Å². The fraction of sp³-hybridized carbons (Fsp3) is 0.167. The van der Waals surface area contributed by atoms with E-state index in [9.17, 15) is 4.79 Å². The number of halogens is 2. The third-order valence-corrected chi connectivity index (χ3v) is 4.16. The predicted molar refractivity (Wildman–Crippen MR) is 94.8 cm³/mol. The number of amides is 1. The molecule has 2 aromatic carbocycles. The summed E-state index contributed by atoms with van der Waals surface area (Å²) < 4.78 is 5.78. The smallest absolute Gasteiger partial charge is 0.244 e. The molecule has 0 bridgehead atoms. The van der Waals surface area contributed by atoms with E-state index in [4.69, 9.17) is 33.7 Å². The number of carbonyl (C=O) groups is 1. The minimum atomic E-state index is -0.446. The Morgan fingerprint density at radius 3 is 2.48 bits per heavy atom. The van der Waals surface area contributed by atoms with E-state index in [1.807, 2.05) is 25.1 Å². The zero-order valence-electron chi connectivity index (χ0n) is 12.9. The van der Waals surface area contributed by atoms with E-state index in [-0.39, 0.29) is 6.61 Å². The number of ether oxygens (including phenoxy) is 1. The lowest BCUT2D eigenvalue weighted by molar-refractivity contribution is -0.114. The van der Waals surface area contributed by atoms with Crippen LogP contribution in [0, 0.1) is 6.92 Å². The highest BCUT2D eigenvalue weighted by Crippen LogP contribution is 2.27. The molecule has 0 aliphatic rings. The molecule has 0 aliphatic heterocycles. The molecule has 2 N–H and O–H groups in total. The van der Waals surface area contributed by atoms with Gasteiger partial charge in [0.2, 0.25) is 5.91 Å². The third-order valence-electron chi connectivity index (χ3n) is 3.46. The normalized spacial score (nSPS) is 11.4. The van der Waals surface area contributed by atoms with Crippen molar-refractivity contribution in [2.45, 2.75) is 20.5 Å². The van der Waals surface area contributed by atoms with Gasteiger partial charge in [-0.25, -0.2) is 0 Å². The average Bonchev–Trinajstić information content (AvgIpc) is 2.49. The maximum Gasteiger partial charge on any atom is 0.244 e. The monoisotopic (exact) mass is 349 g/mol. The van der Waals surface area contributed by atoms with Crippen LogP contribution < -0.4 is 10.5 Å². The van der Waals surface area contributed by atoms with Gasteiger partial charge in [-0.1, -0.05) is 35.3 Å². The lowest BCUT2D eigenvalue weighted by Gasteiger charge is -2.11. The van der Waals surface area contributed by atoms with Crippen LogP contribution in [0.5, 0.6) is 5.75 Å². The Kier molecular flexibility index (Phi) is 5.69. The quantitative estimate of drug-likeness (QED) is 0.790. The largest absolute Gasteiger partial charge is 0.489 e. The molecule has 2 rings (SSSR count). The highest BCUT2D eigenvalue weighted by atomic mass is 35.5. The lowest BCUT2D eigenvalue weighted by Crippen LogP contribution is -2.11. The van der Waals surface area contributed by atoms with Crippen molar-refractivity contribution in [3.8, 4) is 5.75 Å². The first-order valence-electron chi connectivity index (χ1n) is 7.03. The maximum atomic E-state index is 11.2. The minimum Gasteiger partial charge on any atom is -0.489 e. The molecule has 0 saturated heterocycles. The van der Waals surface area contributed by atoms with Gasteiger partial charge in [-0.2, -0.15) is 0 Å². The lowest BCUT2D eigenvalue weighted by atomic mass is 10.1. The van der Waals surface area contributed by atoms with Crippen LogP contribution in [0.2, 0.25) is 10.0 Å². The van der Waals surface area contributed by atoms with Gasteiger partial charge in [0.1, 0.15) is 12.4 Å². The second kappa shape index (κ2) is 7.53. The fourth-order valence-corrected chi connectivity index (χ4v) is 2.50. The van der Waals surface area contributed by atoms with E-state index in [0.717, 1.165) is 16.7 Å². The molecule has 0 heterocycles. The summed E-state index contributed by atoms with van der Waals surface area (Å²) in [7, 11) is 0. The highest BCUT2D eigenvalue weighted by molar-refractivity contribution is 6.35. The summed E-state index contributed by atoms with van der Waals surface area (Å²) >= 11 is 12.3. The highest BCUT2D eigenvalue weighted by Gasteiger charge is 2.07. The Labute approximate surface area is 145 Å². The Morgan fingerprint density at radius 2 is 1.87 bits per heavy atom. The molecule has 0 radical (unpaired) electrons. The number of hydrogen-bond acceptors (Lipinski definition) is 2. The first kappa shape index (κ1) is 17.4. The summed E-state index contributed by atoms with van der Waals surface area (Å²) in [6.07, 6.45) is 1.74. The Hall–Kier alpha value is -1.97. The number of rotatable bonds is 5. The molecule has 0 spiro atoms. The second-order valence-corrected chi connectivity index (χ2v) is 6.01. The van der Waals surface area contributed by atoms with Crippen molar-refractivity contribution in [3.63, 3.8) is 0 Å². The Bertz CT molecular complexity index is 749. The first-order chi connectivity index (χ1) is 10.9. The molecule has 0 aromatic heterocycles. The van der Waals surface area contributed by atoms with Gasteiger partial charge in [-0.15, -0.1) is 0 Å². The predicted octanol–water partition coefficient (Wildman–Crippen LogP) is 4.77. The second-order valence-electron chi connectivity index (χ2n) is 5.20. The van der Waals surface area contributed by atoms with Gasteiger partial charge in [0.05, 0.1) is 0 Å². The van der Waals surface area contributed by atoms with Gasteiger partial charge in [0.15, 0.2) is 0 Å². The maximum absolute atomic E-state index is 11.2.